The molecular formula is C14H10BrN5. The van der Waals surface area contributed by atoms with Gasteiger partial charge in [-0.25, -0.2) is 9.50 Å². The zero-order valence-corrected chi connectivity index (χ0v) is 11.9. The topological polar surface area (TPSA) is 72.0 Å². The zero-order chi connectivity index (χ0) is 13.7. The van der Waals surface area contributed by atoms with Crippen LogP contribution in [0.2, 0.25) is 0 Å². The summed E-state index contributed by atoms with van der Waals surface area (Å²) >= 11 is 3.44. The molecule has 5 nitrogen and oxygen atoms in total. The lowest BCUT2D eigenvalue weighted by Gasteiger charge is -1.94. The number of aromatic nitrogens is 4. The number of rotatable bonds is 1. The van der Waals surface area contributed by atoms with Crippen LogP contribution in [0.15, 0.2) is 47.2 Å². The maximum absolute atomic E-state index is 6.00. The first-order valence-corrected chi connectivity index (χ1v) is 6.89. The Kier molecular flexibility index (Phi) is 2.34. The molecule has 4 aromatic rings. The van der Waals surface area contributed by atoms with Crippen LogP contribution in [0.3, 0.4) is 0 Å². The van der Waals surface area contributed by atoms with E-state index < -0.39 is 0 Å². The van der Waals surface area contributed by atoms with E-state index in [0.29, 0.717) is 5.69 Å². The molecule has 0 bridgehead atoms. The van der Waals surface area contributed by atoms with Crippen molar-refractivity contribution in [3.63, 3.8) is 0 Å². The molecule has 0 unspecified atom stereocenters. The molecule has 3 aromatic heterocycles. The van der Waals surface area contributed by atoms with Gasteiger partial charge in [-0.05, 0) is 24.3 Å². The number of fused-ring (bicyclic) bond motifs is 2. The van der Waals surface area contributed by atoms with Gasteiger partial charge in [-0.1, -0.05) is 22.0 Å². The lowest BCUT2D eigenvalue weighted by Crippen LogP contribution is -1.86. The van der Waals surface area contributed by atoms with Gasteiger partial charge in [0, 0.05) is 10.7 Å². The fraction of sp³-hybridized carbons (Fsp3) is 0. The molecule has 6 heteroatoms. The largest absolute Gasteiger partial charge is 0.397 e. The minimum Gasteiger partial charge on any atom is -0.397 e. The molecule has 1 aromatic carbocycles. The molecule has 0 spiro atoms. The van der Waals surface area contributed by atoms with Crippen LogP contribution >= 0.6 is 15.9 Å². The van der Waals surface area contributed by atoms with E-state index in [0.717, 1.165) is 32.4 Å². The summed E-state index contributed by atoms with van der Waals surface area (Å²) < 4.78 is 2.75. The molecule has 4 rings (SSSR count). The normalized spacial score (nSPS) is 11.4. The average molecular weight is 328 g/mol. The predicted octanol–water partition coefficient (Wildman–Crippen LogP) is 3.22. The van der Waals surface area contributed by atoms with Crippen molar-refractivity contribution in [1.82, 2.24) is 19.6 Å². The van der Waals surface area contributed by atoms with Gasteiger partial charge in [-0.2, -0.15) is 5.10 Å². The van der Waals surface area contributed by atoms with Crippen molar-refractivity contribution in [3.05, 3.63) is 47.2 Å². The Morgan fingerprint density at radius 2 is 2.15 bits per heavy atom. The van der Waals surface area contributed by atoms with Gasteiger partial charge in [0.15, 0.2) is 0 Å². The number of H-pyrrole nitrogens is 1. The van der Waals surface area contributed by atoms with Crippen LogP contribution < -0.4 is 5.73 Å². The number of aromatic amines is 1. The number of hydrogen-bond acceptors (Lipinski definition) is 3. The number of pyridine rings is 1. The van der Waals surface area contributed by atoms with E-state index >= 15 is 0 Å². The highest BCUT2D eigenvalue weighted by molar-refractivity contribution is 9.10. The van der Waals surface area contributed by atoms with Crippen molar-refractivity contribution in [2.45, 2.75) is 0 Å². The SMILES string of the molecule is Nc1cc(Br)cc2[nH]c(-c3cnn4ccccc34)nc12. The summed E-state index contributed by atoms with van der Waals surface area (Å²) in [5.41, 5.74) is 10.3. The Morgan fingerprint density at radius 1 is 1.25 bits per heavy atom. The van der Waals surface area contributed by atoms with Gasteiger partial charge in [0.25, 0.3) is 0 Å². The van der Waals surface area contributed by atoms with Crippen molar-refractivity contribution >= 4 is 38.2 Å². The smallest absolute Gasteiger partial charge is 0.142 e. The van der Waals surface area contributed by atoms with E-state index in [9.17, 15) is 0 Å². The number of nitrogens with one attached hydrogen (secondary N) is 1. The van der Waals surface area contributed by atoms with E-state index in [2.05, 4.69) is 31.0 Å². The number of benzene rings is 1. The number of anilines is 1. The standard InChI is InChI=1S/C14H10BrN5/c15-8-5-10(16)13-11(6-8)18-14(19-13)9-7-17-20-4-2-1-3-12(9)20/h1-7H,16H2,(H,18,19). The summed E-state index contributed by atoms with van der Waals surface area (Å²) in [7, 11) is 0. The molecule has 0 amide bonds. The monoisotopic (exact) mass is 327 g/mol. The number of hydrogen-bond donors (Lipinski definition) is 2. The number of halogens is 1. The van der Waals surface area contributed by atoms with E-state index in [1.54, 1.807) is 6.20 Å². The molecular weight excluding hydrogens is 318 g/mol. The summed E-state index contributed by atoms with van der Waals surface area (Å²) in [4.78, 5) is 7.89. The lowest BCUT2D eigenvalue weighted by atomic mass is 10.2. The Labute approximate surface area is 122 Å². The number of imidazole rings is 1. The molecule has 0 aliphatic carbocycles. The van der Waals surface area contributed by atoms with E-state index in [1.165, 1.54) is 0 Å². The molecule has 0 atom stereocenters. The molecule has 98 valence electrons. The molecule has 0 saturated heterocycles. The predicted molar refractivity (Wildman–Crippen MR) is 82.4 cm³/mol. The van der Waals surface area contributed by atoms with E-state index in [1.807, 2.05) is 41.0 Å². The zero-order valence-electron chi connectivity index (χ0n) is 10.3. The second-order valence-corrected chi connectivity index (χ2v) is 5.48. The fourth-order valence-electron chi connectivity index (χ4n) is 2.35. The van der Waals surface area contributed by atoms with Crippen LogP contribution in [0.1, 0.15) is 0 Å². The van der Waals surface area contributed by atoms with Crippen LogP contribution in [-0.2, 0) is 0 Å². The molecule has 0 saturated carbocycles. The average Bonchev–Trinajstić information content (AvgIpc) is 3.01. The lowest BCUT2D eigenvalue weighted by molar-refractivity contribution is 0.961. The Hall–Kier alpha value is -2.34. The maximum Gasteiger partial charge on any atom is 0.142 e. The first kappa shape index (κ1) is 11.5. The summed E-state index contributed by atoms with van der Waals surface area (Å²) in [5.74, 6) is 0.769. The molecule has 20 heavy (non-hydrogen) atoms. The van der Waals surface area contributed by atoms with Crippen molar-refractivity contribution in [3.8, 4) is 11.4 Å². The van der Waals surface area contributed by atoms with Crippen LogP contribution in [0.5, 0.6) is 0 Å². The molecule has 0 radical (unpaired) electrons. The second kappa shape index (κ2) is 4.08. The maximum atomic E-state index is 6.00. The van der Waals surface area contributed by atoms with Gasteiger partial charge in [0.2, 0.25) is 0 Å². The van der Waals surface area contributed by atoms with Crippen LogP contribution in [0, 0.1) is 0 Å². The van der Waals surface area contributed by atoms with Gasteiger partial charge >= 0.3 is 0 Å². The van der Waals surface area contributed by atoms with Gasteiger partial charge in [-0.15, -0.1) is 0 Å². The highest BCUT2D eigenvalue weighted by Gasteiger charge is 2.12. The first-order chi connectivity index (χ1) is 9.72. The second-order valence-electron chi connectivity index (χ2n) is 4.57. The number of nitrogens with zero attached hydrogens (tertiary/aromatic N) is 3. The Bertz CT molecular complexity index is 937. The molecule has 3 heterocycles. The molecule has 0 fully saturated rings. The van der Waals surface area contributed by atoms with Crippen molar-refractivity contribution < 1.29 is 0 Å². The minimum absolute atomic E-state index is 0.647. The van der Waals surface area contributed by atoms with Gasteiger partial charge in [0.05, 0.1) is 28.5 Å². The highest BCUT2D eigenvalue weighted by Crippen LogP contribution is 2.29. The third-order valence-corrected chi connectivity index (χ3v) is 3.72. The quantitative estimate of drug-likeness (QED) is 0.527. The van der Waals surface area contributed by atoms with Gasteiger partial charge in [0.1, 0.15) is 11.3 Å². The molecule has 0 aliphatic heterocycles. The summed E-state index contributed by atoms with van der Waals surface area (Å²) in [6.07, 6.45) is 3.71. The van der Waals surface area contributed by atoms with E-state index in [4.69, 9.17) is 5.73 Å². The summed E-state index contributed by atoms with van der Waals surface area (Å²) in [6.45, 7) is 0. The number of nitrogens with two attached hydrogens (primary N) is 1. The van der Waals surface area contributed by atoms with Crippen LogP contribution in [-0.4, -0.2) is 19.6 Å². The van der Waals surface area contributed by atoms with Gasteiger partial charge in [-0.3, -0.25) is 0 Å². The summed E-state index contributed by atoms with van der Waals surface area (Å²) in [5, 5.41) is 4.32. The molecule has 0 aliphatic rings. The van der Waals surface area contributed by atoms with Crippen molar-refractivity contribution in [2.24, 2.45) is 0 Å². The van der Waals surface area contributed by atoms with E-state index in [-0.39, 0.29) is 0 Å². The Balaban J connectivity index is 2.01. The van der Waals surface area contributed by atoms with Crippen molar-refractivity contribution in [2.75, 3.05) is 5.73 Å². The van der Waals surface area contributed by atoms with Crippen molar-refractivity contribution in [1.29, 1.82) is 0 Å². The summed E-state index contributed by atoms with van der Waals surface area (Å²) in [6, 6.07) is 9.75. The number of nitrogen functional groups attached to an aromatic ring is 1. The minimum atomic E-state index is 0.647. The molecule has 3 N–H and O–H groups in total. The van der Waals surface area contributed by atoms with Crippen LogP contribution in [0.4, 0.5) is 5.69 Å². The first-order valence-electron chi connectivity index (χ1n) is 6.10. The highest BCUT2D eigenvalue weighted by atomic mass is 79.9. The third kappa shape index (κ3) is 1.61. The Morgan fingerprint density at radius 3 is 3.05 bits per heavy atom. The van der Waals surface area contributed by atoms with Gasteiger partial charge < -0.3 is 10.7 Å². The van der Waals surface area contributed by atoms with Crippen LogP contribution in [0.25, 0.3) is 27.9 Å². The fourth-order valence-corrected chi connectivity index (χ4v) is 2.83. The third-order valence-electron chi connectivity index (χ3n) is 3.26.